The first kappa shape index (κ1) is 24.7. The molecule has 2 aromatic heterocycles. The number of aromatic nitrogens is 4. The Morgan fingerprint density at radius 2 is 1.88 bits per heavy atom. The van der Waals surface area contributed by atoms with Gasteiger partial charge in [0.1, 0.15) is 17.7 Å². The highest BCUT2D eigenvalue weighted by Gasteiger charge is 2.48. The van der Waals surface area contributed by atoms with Gasteiger partial charge in [-0.05, 0) is 6.42 Å². The summed E-state index contributed by atoms with van der Waals surface area (Å²) in [5.74, 6) is -0.707. The van der Waals surface area contributed by atoms with Crippen LogP contribution in [-0.2, 0) is 12.7 Å². The van der Waals surface area contributed by atoms with E-state index in [1.165, 1.54) is 6.20 Å². The van der Waals surface area contributed by atoms with Gasteiger partial charge in [-0.2, -0.15) is 31.3 Å². The predicted molar refractivity (Wildman–Crippen MR) is 104 cm³/mol. The van der Waals surface area contributed by atoms with Gasteiger partial charge in [-0.1, -0.05) is 13.8 Å². The number of alkyl halides is 6. The molecule has 3 N–H and O–H groups in total. The highest BCUT2D eigenvalue weighted by atomic mass is 19.4. The number of ether oxygens (including phenoxy) is 1. The maximum Gasteiger partial charge on any atom is 0.421 e. The van der Waals surface area contributed by atoms with Gasteiger partial charge in [-0.3, -0.25) is 0 Å². The quantitative estimate of drug-likeness (QED) is 0.490. The molecule has 1 unspecified atom stereocenters. The number of hydrogen-bond acceptors (Lipinski definition) is 8. The molecule has 2 heterocycles. The molecule has 2 atom stereocenters. The molecule has 0 spiro atoms. The molecule has 1 aliphatic carbocycles. The van der Waals surface area contributed by atoms with Crippen LogP contribution < -0.4 is 15.4 Å². The molecule has 1 saturated carbocycles. The van der Waals surface area contributed by atoms with E-state index in [0.29, 0.717) is 6.20 Å². The summed E-state index contributed by atoms with van der Waals surface area (Å²) in [6.45, 7) is 2.69. The zero-order valence-corrected chi connectivity index (χ0v) is 17.6. The zero-order valence-electron chi connectivity index (χ0n) is 17.6. The largest absolute Gasteiger partial charge is 0.477 e. The Morgan fingerprint density at radius 1 is 1.15 bits per heavy atom. The van der Waals surface area contributed by atoms with Crippen LogP contribution in [0, 0.1) is 5.41 Å². The average Bonchev–Trinajstić information content (AvgIpc) is 2.71. The van der Waals surface area contributed by atoms with E-state index in [1.807, 2.05) is 0 Å². The van der Waals surface area contributed by atoms with Crippen molar-refractivity contribution in [1.29, 1.82) is 0 Å². The molecule has 0 radical (unpaired) electrons. The number of anilines is 2. The summed E-state index contributed by atoms with van der Waals surface area (Å²) in [6.07, 6.45) is -7.65. The minimum Gasteiger partial charge on any atom is -0.477 e. The molecule has 33 heavy (non-hydrogen) atoms. The Balaban J connectivity index is 1.73. The number of aliphatic hydroxyl groups is 1. The van der Waals surface area contributed by atoms with Crippen LogP contribution in [0.2, 0.25) is 0 Å². The molecule has 1 fully saturated rings. The van der Waals surface area contributed by atoms with Crippen LogP contribution >= 0.6 is 0 Å². The molecule has 1 aliphatic rings. The van der Waals surface area contributed by atoms with Gasteiger partial charge in [-0.15, -0.1) is 0 Å². The third-order valence-corrected chi connectivity index (χ3v) is 5.43. The Kier molecular flexibility index (Phi) is 6.86. The Bertz CT molecular complexity index is 969. The first-order chi connectivity index (χ1) is 15.3. The fourth-order valence-electron chi connectivity index (χ4n) is 3.13. The maximum atomic E-state index is 13.4. The number of nitrogens with zero attached hydrogens (tertiary/aromatic N) is 4. The van der Waals surface area contributed by atoms with Crippen molar-refractivity contribution >= 4 is 11.8 Å². The highest BCUT2D eigenvalue weighted by molar-refractivity contribution is 5.50. The second kappa shape index (κ2) is 9.15. The van der Waals surface area contributed by atoms with Gasteiger partial charge in [-0.25, -0.2) is 15.0 Å². The van der Waals surface area contributed by atoms with E-state index in [9.17, 15) is 31.4 Å². The van der Waals surface area contributed by atoms with Gasteiger partial charge in [0.15, 0.2) is 0 Å². The third-order valence-electron chi connectivity index (χ3n) is 5.43. The topological polar surface area (TPSA) is 105 Å². The van der Waals surface area contributed by atoms with Crippen LogP contribution in [0.15, 0.2) is 18.7 Å². The lowest BCUT2D eigenvalue weighted by molar-refractivity contribution is -0.140. The predicted octanol–water partition coefficient (Wildman–Crippen LogP) is 3.80. The fraction of sp³-hybridized carbons (Fsp3) is 0.579. The molecule has 182 valence electrons. The summed E-state index contributed by atoms with van der Waals surface area (Å²) in [5, 5.41) is 15.3. The molecule has 14 heteroatoms. The second-order valence-corrected chi connectivity index (χ2v) is 8.14. The van der Waals surface area contributed by atoms with Gasteiger partial charge in [0.25, 0.3) is 0 Å². The van der Waals surface area contributed by atoms with Crippen LogP contribution in [0.25, 0.3) is 0 Å². The highest BCUT2D eigenvalue weighted by Crippen LogP contribution is 2.43. The lowest BCUT2D eigenvalue weighted by Gasteiger charge is -2.49. The van der Waals surface area contributed by atoms with Crippen LogP contribution in [-0.4, -0.2) is 50.0 Å². The summed E-state index contributed by atoms with van der Waals surface area (Å²) >= 11 is 0. The number of halogens is 6. The Hall–Kier alpha value is -2.90. The van der Waals surface area contributed by atoms with Crippen molar-refractivity contribution in [1.82, 2.24) is 19.9 Å². The number of hydrogen-bond donors (Lipinski definition) is 3. The SMILES string of the molecule is CC1(C)C(O)C[C@@H]1Nc1nc(NCc2cncnc2OCCC(F)(F)F)ncc1C(F)(F)F. The van der Waals surface area contributed by atoms with Crippen LogP contribution in [0.5, 0.6) is 5.88 Å². The van der Waals surface area contributed by atoms with Gasteiger partial charge < -0.3 is 20.5 Å². The third kappa shape index (κ3) is 6.12. The van der Waals surface area contributed by atoms with Gasteiger partial charge in [0, 0.05) is 30.4 Å². The van der Waals surface area contributed by atoms with Gasteiger partial charge in [0.05, 0.1) is 24.7 Å². The normalized spacial score (nSPS) is 20.2. The Labute approximate surface area is 184 Å². The summed E-state index contributed by atoms with van der Waals surface area (Å²) in [7, 11) is 0. The number of aliphatic hydroxyl groups excluding tert-OH is 1. The lowest BCUT2D eigenvalue weighted by atomic mass is 9.64. The van der Waals surface area contributed by atoms with Crippen molar-refractivity contribution in [2.45, 2.75) is 57.7 Å². The molecule has 0 amide bonds. The second-order valence-electron chi connectivity index (χ2n) is 8.14. The first-order valence-electron chi connectivity index (χ1n) is 9.88. The van der Waals surface area contributed by atoms with E-state index in [4.69, 9.17) is 4.74 Å². The number of nitrogens with one attached hydrogen (secondary N) is 2. The molecule has 3 rings (SSSR count). The molecule has 0 aliphatic heterocycles. The summed E-state index contributed by atoms with van der Waals surface area (Å²) in [6, 6.07) is -0.437. The van der Waals surface area contributed by atoms with Crippen molar-refractivity contribution in [3.8, 4) is 5.88 Å². The summed E-state index contributed by atoms with van der Waals surface area (Å²) in [5.41, 5.74) is -1.45. The van der Waals surface area contributed by atoms with E-state index >= 15 is 0 Å². The zero-order chi connectivity index (χ0) is 24.4. The molecule has 8 nitrogen and oxygen atoms in total. The van der Waals surface area contributed by atoms with Gasteiger partial charge >= 0.3 is 12.4 Å². The van der Waals surface area contributed by atoms with Crippen molar-refractivity contribution in [3.63, 3.8) is 0 Å². The van der Waals surface area contributed by atoms with Crippen molar-refractivity contribution in [2.75, 3.05) is 17.2 Å². The van der Waals surface area contributed by atoms with Crippen molar-refractivity contribution in [3.05, 3.63) is 29.8 Å². The molecule has 2 aromatic rings. The smallest absolute Gasteiger partial charge is 0.421 e. The van der Waals surface area contributed by atoms with E-state index in [2.05, 4.69) is 30.6 Å². The fourth-order valence-corrected chi connectivity index (χ4v) is 3.13. The minimum atomic E-state index is -4.71. The average molecular weight is 480 g/mol. The lowest BCUT2D eigenvalue weighted by Crippen LogP contribution is -2.57. The van der Waals surface area contributed by atoms with Crippen LogP contribution in [0.4, 0.5) is 38.1 Å². The van der Waals surface area contributed by atoms with E-state index < -0.39 is 54.3 Å². The van der Waals surface area contributed by atoms with E-state index in [1.54, 1.807) is 13.8 Å². The van der Waals surface area contributed by atoms with E-state index in [0.717, 1.165) is 6.33 Å². The molecule has 0 bridgehead atoms. The molecule has 0 saturated heterocycles. The first-order valence-corrected chi connectivity index (χ1v) is 9.88. The van der Waals surface area contributed by atoms with Crippen molar-refractivity contribution < 1.29 is 36.2 Å². The van der Waals surface area contributed by atoms with Crippen molar-refractivity contribution in [2.24, 2.45) is 5.41 Å². The number of rotatable bonds is 8. The summed E-state index contributed by atoms with van der Waals surface area (Å²) in [4.78, 5) is 15.2. The van der Waals surface area contributed by atoms with Gasteiger partial charge in [0.2, 0.25) is 11.8 Å². The molecular weight excluding hydrogens is 458 g/mol. The molecular formula is C19H22F6N6O2. The maximum absolute atomic E-state index is 13.4. The monoisotopic (exact) mass is 480 g/mol. The standard InChI is InChI=1S/C19H22F6N6O2/c1-17(2)12(5-13(17)32)30-14-11(19(23,24)25)8-28-16(31-14)27-7-10-6-26-9-29-15(10)33-4-3-18(20,21)22/h6,8-9,12-13,32H,3-5,7H2,1-2H3,(H2,27,28,30,31)/t12-,13?/m0/s1. The molecule has 0 aromatic carbocycles. The minimum absolute atomic E-state index is 0.0998. The Morgan fingerprint density at radius 3 is 2.48 bits per heavy atom. The van der Waals surface area contributed by atoms with E-state index in [-0.39, 0.29) is 30.4 Å². The van der Waals surface area contributed by atoms with Crippen LogP contribution in [0.3, 0.4) is 0 Å². The van der Waals surface area contributed by atoms with Crippen LogP contribution in [0.1, 0.15) is 37.8 Å². The summed E-state index contributed by atoms with van der Waals surface area (Å²) < 4.78 is 82.3.